The van der Waals surface area contributed by atoms with Gasteiger partial charge in [-0.25, -0.2) is 9.97 Å². The Bertz CT molecular complexity index is 2580. The van der Waals surface area contributed by atoms with Crippen LogP contribution in [0.15, 0.2) is 48.5 Å². The van der Waals surface area contributed by atoms with Gasteiger partial charge in [-0.05, 0) is 87.6 Å². The van der Waals surface area contributed by atoms with Gasteiger partial charge in [0.2, 0.25) is 17.7 Å². The average molecular weight is 916 g/mol. The topological polar surface area (TPSA) is 211 Å². The Kier molecular flexibility index (Phi) is 12.8. The predicted octanol–water partition coefficient (Wildman–Crippen LogP) is 4.62. The van der Waals surface area contributed by atoms with Crippen LogP contribution >= 0.6 is 0 Å². The van der Waals surface area contributed by atoms with E-state index >= 15 is 0 Å². The molecule has 1 saturated carbocycles. The van der Waals surface area contributed by atoms with Crippen LogP contribution < -0.4 is 36.1 Å². The number of imide groups is 2. The fourth-order valence-corrected chi connectivity index (χ4v) is 8.82. The smallest absolute Gasteiger partial charge is 0.416 e. The van der Waals surface area contributed by atoms with Gasteiger partial charge in [0.15, 0.2) is 11.5 Å². The van der Waals surface area contributed by atoms with E-state index in [1.807, 2.05) is 0 Å². The molecule has 4 heterocycles. The number of aryl methyl sites for hydroxylation is 1. The van der Waals surface area contributed by atoms with E-state index in [1.54, 1.807) is 51.2 Å². The molecular formula is C46H52F3N9O8. The number of carbonyl (C=O) groups excluding carboxylic acids is 5. The van der Waals surface area contributed by atoms with Gasteiger partial charge in [-0.15, -0.1) is 0 Å². The van der Waals surface area contributed by atoms with Gasteiger partial charge in [-0.3, -0.25) is 39.1 Å². The van der Waals surface area contributed by atoms with E-state index < -0.39 is 53.6 Å². The molecule has 0 spiro atoms. The monoisotopic (exact) mass is 915 g/mol. The molecule has 8 rings (SSSR count). The number of halogens is 3. The first-order valence-corrected chi connectivity index (χ1v) is 21.9. The summed E-state index contributed by atoms with van der Waals surface area (Å²) in [4.78, 5) is 78.3. The molecule has 4 aliphatic rings. The third-order valence-corrected chi connectivity index (χ3v) is 12.8. The molecule has 3 atom stereocenters. The summed E-state index contributed by atoms with van der Waals surface area (Å²) < 4.78 is 59.2. The summed E-state index contributed by atoms with van der Waals surface area (Å²) in [5, 5.41) is 8.75. The Labute approximate surface area is 378 Å². The Balaban J connectivity index is 0.864. The summed E-state index contributed by atoms with van der Waals surface area (Å²) in [6, 6.07) is 10.4. The summed E-state index contributed by atoms with van der Waals surface area (Å²) in [5.74, 6) is -0.752. The Morgan fingerprint density at radius 3 is 2.41 bits per heavy atom. The maximum Gasteiger partial charge on any atom is 0.416 e. The van der Waals surface area contributed by atoms with Crippen molar-refractivity contribution in [1.29, 1.82) is 0 Å². The van der Waals surface area contributed by atoms with Crippen molar-refractivity contribution in [3.8, 4) is 11.5 Å². The quantitative estimate of drug-likeness (QED) is 0.0893. The molecule has 66 heavy (non-hydrogen) atoms. The summed E-state index contributed by atoms with van der Waals surface area (Å²) >= 11 is 0. The molecule has 5 amide bonds. The van der Waals surface area contributed by atoms with Crippen LogP contribution in [-0.4, -0.2) is 122 Å². The van der Waals surface area contributed by atoms with E-state index in [-0.39, 0.29) is 47.6 Å². The minimum atomic E-state index is -4.56. The fraction of sp³-hybridized carbons (Fsp3) is 0.457. The molecule has 3 aliphatic heterocycles. The number of rotatable bonds is 16. The number of methoxy groups -OCH3 is 1. The lowest BCUT2D eigenvalue weighted by atomic mass is 9.98. The molecule has 1 aliphatic carbocycles. The summed E-state index contributed by atoms with van der Waals surface area (Å²) in [7, 11) is 3.09. The van der Waals surface area contributed by atoms with E-state index in [2.05, 4.69) is 35.7 Å². The molecule has 3 unspecified atom stereocenters. The zero-order valence-electron chi connectivity index (χ0n) is 37.0. The summed E-state index contributed by atoms with van der Waals surface area (Å²) in [6.45, 7) is 7.24. The zero-order chi connectivity index (χ0) is 47.1. The first-order chi connectivity index (χ1) is 31.4. The summed E-state index contributed by atoms with van der Waals surface area (Å²) in [6.07, 6.45) is -3.11. The fourth-order valence-electron chi connectivity index (χ4n) is 8.82. The van der Waals surface area contributed by atoms with Gasteiger partial charge in [-0.2, -0.15) is 13.2 Å². The number of anilines is 3. The third-order valence-electron chi connectivity index (χ3n) is 12.8. The van der Waals surface area contributed by atoms with Crippen molar-refractivity contribution in [3.63, 3.8) is 0 Å². The van der Waals surface area contributed by atoms with E-state index in [0.29, 0.717) is 85.4 Å². The molecular weight excluding hydrogens is 864 g/mol. The van der Waals surface area contributed by atoms with Crippen molar-refractivity contribution in [2.75, 3.05) is 76.0 Å². The molecule has 0 bridgehead atoms. The number of carbonyl (C=O) groups is 5. The van der Waals surface area contributed by atoms with Crippen LogP contribution in [0.5, 0.6) is 11.5 Å². The minimum Gasteiger partial charge on any atom is -0.493 e. The number of benzene rings is 3. The highest BCUT2D eigenvalue weighted by Crippen LogP contribution is 2.51. The standard InChI is InChI=1S/C46H52F3N9O8/c1-25(27-17-28(46(47,48)49)19-29(50)18-27)52-40-33-21-37(36(64-4)22-34(33)53-26(2)54-40)66-24-45(9-10-45)23-38(42(61)51-3)65-16-15-56-11-13-57(14-12-56)30-5-6-31-32(20-30)44(63)58(43(31)62)35-7-8-39(59)55-41(35)60/h5-6,17-22,25,35,38H,7-16,23-24,50H2,1-4H3,(H,51,61)(H,52,53,54)(H,55,59,60). The van der Waals surface area contributed by atoms with Gasteiger partial charge in [-0.1, -0.05) is 0 Å². The van der Waals surface area contributed by atoms with E-state index in [9.17, 15) is 37.1 Å². The number of piperazine rings is 1. The SMILES string of the molecule is CNC(=O)C(CC1(COc2cc3c(NC(C)c4cc(N)cc(C(F)(F)F)c4)nc(C)nc3cc2OC)CC1)OCCN1CCN(c2ccc3c(c2)C(=O)N(C2CCC(=O)NC2=O)C3=O)CC1. The van der Waals surface area contributed by atoms with Crippen LogP contribution in [0.4, 0.5) is 30.4 Å². The number of hydrogen-bond donors (Lipinski definition) is 4. The van der Waals surface area contributed by atoms with Crippen LogP contribution in [0.1, 0.15) is 82.7 Å². The van der Waals surface area contributed by atoms with Crippen molar-refractivity contribution in [2.24, 2.45) is 5.41 Å². The largest absolute Gasteiger partial charge is 0.493 e. The predicted molar refractivity (Wildman–Crippen MR) is 236 cm³/mol. The molecule has 350 valence electrons. The maximum absolute atomic E-state index is 13.6. The lowest BCUT2D eigenvalue weighted by Crippen LogP contribution is -2.54. The number of piperidine rings is 1. The number of likely N-dealkylation sites (N-methyl/N-ethyl adjacent to an activating group) is 1. The number of aromatic nitrogens is 2. The molecule has 3 aromatic carbocycles. The highest BCUT2D eigenvalue weighted by molar-refractivity contribution is 6.23. The van der Waals surface area contributed by atoms with Gasteiger partial charge in [0.1, 0.15) is 23.8 Å². The first kappa shape index (κ1) is 46.0. The second-order valence-corrected chi connectivity index (χ2v) is 17.4. The summed E-state index contributed by atoms with van der Waals surface area (Å²) in [5.41, 5.74) is 6.77. The number of nitrogens with zero attached hydrogens (tertiary/aromatic N) is 5. The second-order valence-electron chi connectivity index (χ2n) is 17.4. The molecule has 5 N–H and O–H groups in total. The van der Waals surface area contributed by atoms with Crippen LogP contribution in [-0.2, 0) is 25.3 Å². The van der Waals surface area contributed by atoms with Crippen molar-refractivity contribution < 1.29 is 51.4 Å². The zero-order valence-corrected chi connectivity index (χ0v) is 37.0. The van der Waals surface area contributed by atoms with Gasteiger partial charge in [0.25, 0.3) is 11.8 Å². The Morgan fingerprint density at radius 2 is 1.73 bits per heavy atom. The second kappa shape index (κ2) is 18.4. The van der Waals surface area contributed by atoms with Crippen molar-refractivity contribution in [3.05, 3.63) is 76.6 Å². The number of ether oxygens (including phenoxy) is 3. The van der Waals surface area contributed by atoms with Crippen LogP contribution in [0.25, 0.3) is 10.9 Å². The number of fused-ring (bicyclic) bond motifs is 2. The third kappa shape index (κ3) is 9.69. The van der Waals surface area contributed by atoms with E-state index in [4.69, 9.17) is 19.9 Å². The van der Waals surface area contributed by atoms with Crippen LogP contribution in [0, 0.1) is 12.3 Å². The van der Waals surface area contributed by atoms with Gasteiger partial charge in [0, 0.05) is 74.4 Å². The lowest BCUT2D eigenvalue weighted by molar-refractivity contribution is -0.138. The minimum absolute atomic E-state index is 0.00968. The number of nitrogen functional groups attached to an aromatic ring is 1. The van der Waals surface area contributed by atoms with Crippen LogP contribution in [0.3, 0.4) is 0 Å². The molecule has 4 aromatic rings. The Hall–Kier alpha value is -6.54. The van der Waals surface area contributed by atoms with Crippen molar-refractivity contribution in [1.82, 2.24) is 30.4 Å². The number of hydrogen-bond acceptors (Lipinski definition) is 14. The lowest BCUT2D eigenvalue weighted by Gasteiger charge is -2.36. The Morgan fingerprint density at radius 1 is 0.985 bits per heavy atom. The van der Waals surface area contributed by atoms with E-state index in [1.165, 1.54) is 13.2 Å². The van der Waals surface area contributed by atoms with Gasteiger partial charge >= 0.3 is 6.18 Å². The van der Waals surface area contributed by atoms with Gasteiger partial charge < -0.3 is 35.5 Å². The normalized spacial score (nSPS) is 19.3. The van der Waals surface area contributed by atoms with E-state index in [0.717, 1.165) is 35.6 Å². The van der Waals surface area contributed by atoms with Crippen LogP contribution in [0.2, 0.25) is 0 Å². The molecule has 1 aromatic heterocycles. The maximum atomic E-state index is 13.6. The number of nitrogens with two attached hydrogens (primary N) is 1. The number of alkyl halides is 3. The molecule has 3 fully saturated rings. The molecule has 0 radical (unpaired) electrons. The number of nitrogens with one attached hydrogen (secondary N) is 3. The average Bonchev–Trinajstić information content (AvgIpc) is 4.01. The van der Waals surface area contributed by atoms with Crippen molar-refractivity contribution in [2.45, 2.75) is 70.3 Å². The van der Waals surface area contributed by atoms with Gasteiger partial charge in [0.05, 0.1) is 48.6 Å². The highest BCUT2D eigenvalue weighted by Gasteiger charge is 2.47. The molecule has 2 saturated heterocycles. The van der Waals surface area contributed by atoms with Crippen molar-refractivity contribution >= 4 is 57.6 Å². The molecule has 17 nitrogen and oxygen atoms in total. The highest BCUT2D eigenvalue weighted by atomic mass is 19.4. The first-order valence-electron chi connectivity index (χ1n) is 21.9. The molecule has 20 heteroatoms. The number of amides is 5.